The zero-order valence-electron chi connectivity index (χ0n) is 12.3. The number of rotatable bonds is 7. The average molecular weight is 330 g/mol. The van der Waals surface area contributed by atoms with E-state index in [1.807, 2.05) is 26.0 Å². The molecule has 6 heteroatoms. The summed E-state index contributed by atoms with van der Waals surface area (Å²) in [6.07, 6.45) is 0.690. The van der Waals surface area contributed by atoms with Crippen molar-refractivity contribution in [3.8, 4) is 0 Å². The summed E-state index contributed by atoms with van der Waals surface area (Å²) in [5.74, 6) is -1.39. The maximum atomic E-state index is 12.1. The predicted octanol–water partition coefficient (Wildman–Crippen LogP) is 3.44. The summed E-state index contributed by atoms with van der Waals surface area (Å²) >= 11 is 7.18. The quantitative estimate of drug-likeness (QED) is 0.752. The number of carbonyl (C=O) groups excluding carboxylic acids is 1. The monoisotopic (exact) mass is 329 g/mol. The molecule has 2 unspecified atom stereocenters. The van der Waals surface area contributed by atoms with E-state index < -0.39 is 12.0 Å². The van der Waals surface area contributed by atoms with E-state index in [-0.39, 0.29) is 17.1 Å². The lowest BCUT2D eigenvalue weighted by Crippen LogP contribution is -2.47. The summed E-state index contributed by atoms with van der Waals surface area (Å²) in [6.45, 7) is 5.47. The number of carboxylic acid groups (broad SMARTS) is 1. The highest BCUT2D eigenvalue weighted by atomic mass is 35.5. The van der Waals surface area contributed by atoms with Crippen molar-refractivity contribution in [3.05, 3.63) is 29.3 Å². The number of nitrogens with one attached hydrogen (secondary N) is 1. The van der Waals surface area contributed by atoms with Crippen LogP contribution in [-0.2, 0) is 9.59 Å². The topological polar surface area (TPSA) is 66.4 Å². The van der Waals surface area contributed by atoms with E-state index in [9.17, 15) is 14.7 Å². The first-order chi connectivity index (χ1) is 9.85. The lowest BCUT2D eigenvalue weighted by atomic mass is 9.99. The third-order valence-electron chi connectivity index (χ3n) is 3.27. The van der Waals surface area contributed by atoms with Gasteiger partial charge in [0, 0.05) is 9.92 Å². The highest BCUT2D eigenvalue weighted by molar-refractivity contribution is 8.00. The fraction of sp³-hybridized carbons (Fsp3) is 0.467. The van der Waals surface area contributed by atoms with Gasteiger partial charge in [0.05, 0.1) is 5.25 Å². The Kier molecular flexibility index (Phi) is 7.05. The van der Waals surface area contributed by atoms with E-state index in [0.29, 0.717) is 11.4 Å². The number of hydrogen-bond acceptors (Lipinski definition) is 3. The molecule has 116 valence electrons. The molecule has 4 nitrogen and oxygen atoms in total. The molecule has 0 aliphatic carbocycles. The Morgan fingerprint density at radius 2 is 1.86 bits per heavy atom. The molecule has 1 rings (SSSR count). The molecule has 3 atom stereocenters. The summed E-state index contributed by atoms with van der Waals surface area (Å²) in [6, 6.07) is 6.33. The van der Waals surface area contributed by atoms with Crippen molar-refractivity contribution in [1.82, 2.24) is 5.32 Å². The van der Waals surface area contributed by atoms with Crippen LogP contribution in [0.25, 0.3) is 0 Å². The number of carboxylic acids is 1. The number of halogens is 1. The Morgan fingerprint density at radius 1 is 1.29 bits per heavy atom. The third-order valence-corrected chi connectivity index (χ3v) is 4.64. The summed E-state index contributed by atoms with van der Waals surface area (Å²) < 4.78 is 0. The standard InChI is InChI=1S/C15H20ClNO3S/c1-4-9(2)13(15(19)20)17-14(18)10(3)21-12-7-5-11(16)6-8-12/h5-10,13H,4H2,1-3H3,(H,17,18)(H,19,20)/t9?,10?,13-/m0/s1. The predicted molar refractivity (Wildman–Crippen MR) is 85.8 cm³/mol. The first-order valence-corrected chi connectivity index (χ1v) is 8.06. The number of hydrogen-bond donors (Lipinski definition) is 2. The van der Waals surface area contributed by atoms with Crippen molar-refractivity contribution in [2.75, 3.05) is 0 Å². The Morgan fingerprint density at radius 3 is 2.33 bits per heavy atom. The van der Waals surface area contributed by atoms with Gasteiger partial charge in [-0.3, -0.25) is 4.79 Å². The molecule has 0 fully saturated rings. The third kappa shape index (κ3) is 5.59. The minimum absolute atomic E-state index is 0.112. The van der Waals surface area contributed by atoms with E-state index in [2.05, 4.69) is 5.32 Å². The van der Waals surface area contributed by atoms with Crippen molar-refractivity contribution in [3.63, 3.8) is 0 Å². The van der Waals surface area contributed by atoms with Crippen molar-refractivity contribution in [1.29, 1.82) is 0 Å². The average Bonchev–Trinajstić information content (AvgIpc) is 2.45. The van der Waals surface area contributed by atoms with Crippen molar-refractivity contribution >= 4 is 35.2 Å². The van der Waals surface area contributed by atoms with Gasteiger partial charge in [-0.15, -0.1) is 11.8 Å². The van der Waals surface area contributed by atoms with Crippen LogP contribution < -0.4 is 5.32 Å². The summed E-state index contributed by atoms with van der Waals surface area (Å²) in [5.41, 5.74) is 0. The van der Waals surface area contributed by atoms with E-state index >= 15 is 0 Å². The van der Waals surface area contributed by atoms with Crippen LogP contribution in [-0.4, -0.2) is 28.3 Å². The molecule has 0 aromatic heterocycles. The van der Waals surface area contributed by atoms with Crippen LogP contribution in [0.4, 0.5) is 0 Å². The van der Waals surface area contributed by atoms with Gasteiger partial charge < -0.3 is 10.4 Å². The van der Waals surface area contributed by atoms with Crippen molar-refractivity contribution in [2.45, 2.75) is 43.4 Å². The number of thioether (sulfide) groups is 1. The van der Waals surface area contributed by atoms with Gasteiger partial charge in [0.2, 0.25) is 5.91 Å². The molecule has 1 aromatic rings. The molecular formula is C15H20ClNO3S. The molecular weight excluding hydrogens is 310 g/mol. The highest BCUT2D eigenvalue weighted by Gasteiger charge is 2.27. The van der Waals surface area contributed by atoms with Gasteiger partial charge in [0.15, 0.2) is 0 Å². The number of benzene rings is 1. The Bertz CT molecular complexity index is 492. The van der Waals surface area contributed by atoms with Gasteiger partial charge >= 0.3 is 5.97 Å². The Labute approximate surface area is 134 Å². The largest absolute Gasteiger partial charge is 0.480 e. The molecule has 0 heterocycles. The zero-order chi connectivity index (χ0) is 16.0. The van der Waals surface area contributed by atoms with Crippen LogP contribution in [0.2, 0.25) is 5.02 Å². The second kappa shape index (κ2) is 8.29. The summed E-state index contributed by atoms with van der Waals surface area (Å²) in [7, 11) is 0. The maximum Gasteiger partial charge on any atom is 0.326 e. The van der Waals surface area contributed by atoms with Gasteiger partial charge in [0.25, 0.3) is 0 Å². The van der Waals surface area contributed by atoms with Gasteiger partial charge in [0.1, 0.15) is 6.04 Å². The number of amides is 1. The minimum Gasteiger partial charge on any atom is -0.480 e. The summed E-state index contributed by atoms with van der Waals surface area (Å²) in [4.78, 5) is 24.3. The van der Waals surface area contributed by atoms with Crippen LogP contribution in [0.5, 0.6) is 0 Å². The lowest BCUT2D eigenvalue weighted by Gasteiger charge is -2.22. The molecule has 0 saturated heterocycles. The summed E-state index contributed by atoms with van der Waals surface area (Å²) in [5, 5.41) is 12.1. The van der Waals surface area contributed by atoms with Crippen molar-refractivity contribution in [2.24, 2.45) is 5.92 Å². The van der Waals surface area contributed by atoms with Gasteiger partial charge in [-0.25, -0.2) is 4.79 Å². The molecule has 1 aromatic carbocycles. The molecule has 0 spiro atoms. The molecule has 1 amide bonds. The Hall–Kier alpha value is -1.20. The highest BCUT2D eigenvalue weighted by Crippen LogP contribution is 2.25. The van der Waals surface area contributed by atoms with Crippen LogP contribution in [0.15, 0.2) is 29.2 Å². The first kappa shape index (κ1) is 17.9. The maximum absolute atomic E-state index is 12.1. The molecule has 0 radical (unpaired) electrons. The van der Waals surface area contributed by atoms with E-state index in [4.69, 9.17) is 11.6 Å². The smallest absolute Gasteiger partial charge is 0.326 e. The first-order valence-electron chi connectivity index (χ1n) is 6.80. The molecule has 0 bridgehead atoms. The number of aliphatic carboxylic acids is 1. The van der Waals surface area contributed by atoms with E-state index in [1.54, 1.807) is 19.1 Å². The van der Waals surface area contributed by atoms with Crippen LogP contribution in [0.1, 0.15) is 27.2 Å². The zero-order valence-corrected chi connectivity index (χ0v) is 13.9. The van der Waals surface area contributed by atoms with Crippen LogP contribution >= 0.6 is 23.4 Å². The molecule has 2 N–H and O–H groups in total. The second-order valence-corrected chi connectivity index (χ2v) is 6.77. The fourth-order valence-corrected chi connectivity index (χ4v) is 2.73. The molecule has 0 saturated carbocycles. The van der Waals surface area contributed by atoms with Crippen LogP contribution in [0, 0.1) is 5.92 Å². The van der Waals surface area contributed by atoms with Gasteiger partial charge in [-0.2, -0.15) is 0 Å². The molecule has 21 heavy (non-hydrogen) atoms. The normalized spacial score (nSPS) is 15.0. The fourth-order valence-electron chi connectivity index (χ4n) is 1.72. The van der Waals surface area contributed by atoms with Crippen molar-refractivity contribution < 1.29 is 14.7 Å². The van der Waals surface area contributed by atoms with E-state index in [1.165, 1.54) is 11.8 Å². The molecule has 0 aliphatic heterocycles. The SMILES string of the molecule is CCC(C)[C@H](NC(=O)C(C)Sc1ccc(Cl)cc1)C(=O)O. The number of carbonyl (C=O) groups is 2. The van der Waals surface area contributed by atoms with Gasteiger partial charge in [-0.05, 0) is 37.1 Å². The minimum atomic E-state index is -0.999. The van der Waals surface area contributed by atoms with Gasteiger partial charge in [-0.1, -0.05) is 31.9 Å². The van der Waals surface area contributed by atoms with E-state index in [0.717, 1.165) is 4.90 Å². The second-order valence-electron chi connectivity index (χ2n) is 4.92. The Balaban J connectivity index is 2.64. The molecule has 0 aliphatic rings. The lowest BCUT2D eigenvalue weighted by molar-refractivity contribution is -0.143. The van der Waals surface area contributed by atoms with Crippen LogP contribution in [0.3, 0.4) is 0 Å².